The van der Waals surface area contributed by atoms with Crippen molar-refractivity contribution in [1.29, 1.82) is 5.26 Å². The third-order valence-corrected chi connectivity index (χ3v) is 5.17. The standard InChI is InChI=1S/C12H16N4O2S.ClH/c13-8-10-2-5-16(6-3-10)19(17,18)12-7-11(9-14)1-4-15-12;/h1,4,7,10H,2-3,5-6,8,13H2;1H. The van der Waals surface area contributed by atoms with Gasteiger partial charge in [-0.15, -0.1) is 12.4 Å². The van der Waals surface area contributed by atoms with Gasteiger partial charge in [-0.2, -0.15) is 9.57 Å². The molecule has 20 heavy (non-hydrogen) atoms. The summed E-state index contributed by atoms with van der Waals surface area (Å²) < 4.78 is 26.2. The molecule has 0 atom stereocenters. The number of nitrogens with zero attached hydrogens (tertiary/aromatic N) is 3. The Bertz CT molecular complexity index is 592. The largest absolute Gasteiger partial charge is 0.330 e. The first-order valence-electron chi connectivity index (χ1n) is 6.14. The highest BCUT2D eigenvalue weighted by Crippen LogP contribution is 2.22. The van der Waals surface area contributed by atoms with Gasteiger partial charge in [-0.25, -0.2) is 13.4 Å². The highest BCUT2D eigenvalue weighted by atomic mass is 35.5. The molecule has 1 fully saturated rings. The molecule has 2 heterocycles. The van der Waals surface area contributed by atoms with Gasteiger partial charge in [0.2, 0.25) is 0 Å². The van der Waals surface area contributed by atoms with E-state index in [0.717, 1.165) is 12.8 Å². The summed E-state index contributed by atoms with van der Waals surface area (Å²) in [6.07, 6.45) is 2.89. The predicted octanol–water partition coefficient (Wildman–Crippen LogP) is 0.734. The van der Waals surface area contributed by atoms with Crippen molar-refractivity contribution in [3.63, 3.8) is 0 Å². The normalized spacial score (nSPS) is 17.2. The minimum absolute atomic E-state index is 0. The van der Waals surface area contributed by atoms with Gasteiger partial charge in [-0.3, -0.25) is 0 Å². The molecule has 1 aliphatic heterocycles. The summed E-state index contributed by atoms with van der Waals surface area (Å²) in [5.74, 6) is 0.393. The molecule has 1 aromatic heterocycles. The van der Waals surface area contributed by atoms with Crippen LogP contribution in [0.25, 0.3) is 0 Å². The summed E-state index contributed by atoms with van der Waals surface area (Å²) in [6, 6.07) is 4.71. The van der Waals surface area contributed by atoms with Crippen molar-refractivity contribution in [2.24, 2.45) is 11.7 Å². The van der Waals surface area contributed by atoms with Crippen molar-refractivity contribution in [3.8, 4) is 6.07 Å². The van der Waals surface area contributed by atoms with Gasteiger partial charge < -0.3 is 5.73 Å². The van der Waals surface area contributed by atoms with Crippen molar-refractivity contribution in [2.45, 2.75) is 17.9 Å². The quantitative estimate of drug-likeness (QED) is 0.886. The summed E-state index contributed by atoms with van der Waals surface area (Å²) in [5.41, 5.74) is 5.89. The van der Waals surface area contributed by atoms with E-state index in [1.54, 1.807) is 0 Å². The van der Waals surface area contributed by atoms with E-state index in [0.29, 0.717) is 31.1 Å². The van der Waals surface area contributed by atoms with E-state index < -0.39 is 10.0 Å². The number of pyridine rings is 1. The summed E-state index contributed by atoms with van der Waals surface area (Å²) in [7, 11) is -3.60. The number of nitriles is 1. The second-order valence-corrected chi connectivity index (χ2v) is 6.46. The molecule has 0 aromatic carbocycles. The lowest BCUT2D eigenvalue weighted by molar-refractivity contribution is 0.278. The molecule has 1 aliphatic rings. The third kappa shape index (κ3) is 3.46. The predicted molar refractivity (Wildman–Crippen MR) is 76.7 cm³/mol. The zero-order valence-corrected chi connectivity index (χ0v) is 12.5. The molecule has 110 valence electrons. The molecule has 1 saturated heterocycles. The smallest absolute Gasteiger partial charge is 0.260 e. The van der Waals surface area contributed by atoms with Gasteiger partial charge in [0.25, 0.3) is 10.0 Å². The Kier molecular flexibility index (Phi) is 5.89. The highest BCUT2D eigenvalue weighted by Gasteiger charge is 2.29. The van der Waals surface area contributed by atoms with E-state index in [9.17, 15) is 8.42 Å². The molecule has 0 unspecified atom stereocenters. The minimum atomic E-state index is -3.60. The van der Waals surface area contributed by atoms with Gasteiger partial charge in [-0.05, 0) is 37.4 Å². The Balaban J connectivity index is 0.00000200. The highest BCUT2D eigenvalue weighted by molar-refractivity contribution is 7.89. The van der Waals surface area contributed by atoms with Crippen molar-refractivity contribution in [2.75, 3.05) is 19.6 Å². The number of hydrogen-bond donors (Lipinski definition) is 1. The Morgan fingerprint density at radius 1 is 1.45 bits per heavy atom. The molecular formula is C12H17ClN4O2S. The van der Waals surface area contributed by atoms with Crippen LogP contribution in [0.3, 0.4) is 0 Å². The molecule has 0 spiro atoms. The van der Waals surface area contributed by atoms with Crippen LogP contribution in [-0.4, -0.2) is 37.3 Å². The van der Waals surface area contributed by atoms with E-state index in [1.807, 2.05) is 6.07 Å². The fraction of sp³-hybridized carbons (Fsp3) is 0.500. The average Bonchev–Trinajstić information content (AvgIpc) is 2.47. The summed E-state index contributed by atoms with van der Waals surface area (Å²) >= 11 is 0. The fourth-order valence-corrected chi connectivity index (χ4v) is 3.56. The second-order valence-electron chi connectivity index (χ2n) is 4.58. The summed E-state index contributed by atoms with van der Waals surface area (Å²) in [6.45, 7) is 1.52. The molecule has 0 amide bonds. The Labute approximate surface area is 125 Å². The minimum Gasteiger partial charge on any atom is -0.330 e. The van der Waals surface area contributed by atoms with Crippen molar-refractivity contribution in [1.82, 2.24) is 9.29 Å². The van der Waals surface area contributed by atoms with E-state index in [1.165, 1.54) is 22.6 Å². The molecule has 0 bridgehead atoms. The number of aromatic nitrogens is 1. The lowest BCUT2D eigenvalue weighted by Gasteiger charge is -2.30. The van der Waals surface area contributed by atoms with Crippen LogP contribution in [0.4, 0.5) is 0 Å². The van der Waals surface area contributed by atoms with E-state index in [2.05, 4.69) is 4.98 Å². The van der Waals surface area contributed by atoms with E-state index >= 15 is 0 Å². The zero-order valence-electron chi connectivity index (χ0n) is 10.9. The molecule has 0 aliphatic carbocycles. The molecular weight excluding hydrogens is 300 g/mol. The van der Waals surface area contributed by atoms with Crippen LogP contribution in [0.5, 0.6) is 0 Å². The van der Waals surface area contributed by atoms with Gasteiger partial charge in [0.1, 0.15) is 0 Å². The van der Waals surface area contributed by atoms with Crippen LogP contribution in [-0.2, 0) is 10.0 Å². The fourth-order valence-electron chi connectivity index (χ4n) is 2.14. The van der Waals surface area contributed by atoms with Crippen LogP contribution in [0.15, 0.2) is 23.4 Å². The molecule has 0 radical (unpaired) electrons. The number of piperidine rings is 1. The first kappa shape index (κ1) is 16.9. The molecule has 2 N–H and O–H groups in total. The number of halogens is 1. The first-order valence-corrected chi connectivity index (χ1v) is 7.58. The van der Waals surface area contributed by atoms with Crippen molar-refractivity contribution < 1.29 is 8.42 Å². The maximum absolute atomic E-state index is 12.4. The van der Waals surface area contributed by atoms with Crippen molar-refractivity contribution >= 4 is 22.4 Å². The molecule has 8 heteroatoms. The monoisotopic (exact) mass is 316 g/mol. The lowest BCUT2D eigenvalue weighted by Crippen LogP contribution is -2.40. The van der Waals surface area contributed by atoms with E-state index in [-0.39, 0.29) is 17.4 Å². The SMILES string of the molecule is Cl.N#Cc1ccnc(S(=O)(=O)N2CCC(CN)CC2)c1. The van der Waals surface area contributed by atoms with Gasteiger partial charge in [0, 0.05) is 19.3 Å². The third-order valence-electron chi connectivity index (χ3n) is 3.37. The Hall–Kier alpha value is -1.20. The van der Waals surface area contributed by atoms with Crippen LogP contribution >= 0.6 is 12.4 Å². The maximum atomic E-state index is 12.4. The Morgan fingerprint density at radius 3 is 2.65 bits per heavy atom. The zero-order chi connectivity index (χ0) is 13.9. The number of nitrogens with two attached hydrogens (primary N) is 1. The van der Waals surface area contributed by atoms with Crippen LogP contribution in [0.1, 0.15) is 18.4 Å². The average molecular weight is 317 g/mol. The molecule has 2 rings (SSSR count). The van der Waals surface area contributed by atoms with Gasteiger partial charge >= 0.3 is 0 Å². The van der Waals surface area contributed by atoms with Gasteiger partial charge in [0.05, 0.1) is 11.6 Å². The lowest BCUT2D eigenvalue weighted by atomic mass is 9.99. The maximum Gasteiger partial charge on any atom is 0.260 e. The molecule has 1 aromatic rings. The molecule has 6 nitrogen and oxygen atoms in total. The number of hydrogen-bond acceptors (Lipinski definition) is 5. The summed E-state index contributed by atoms with van der Waals surface area (Å²) in [4.78, 5) is 3.87. The van der Waals surface area contributed by atoms with Gasteiger partial charge in [0.15, 0.2) is 5.03 Å². The van der Waals surface area contributed by atoms with Crippen LogP contribution < -0.4 is 5.73 Å². The topological polar surface area (TPSA) is 100 Å². The number of sulfonamides is 1. The second kappa shape index (κ2) is 6.99. The van der Waals surface area contributed by atoms with Crippen LogP contribution in [0, 0.1) is 17.2 Å². The van der Waals surface area contributed by atoms with E-state index in [4.69, 9.17) is 11.0 Å². The molecule has 0 saturated carbocycles. The van der Waals surface area contributed by atoms with Gasteiger partial charge in [-0.1, -0.05) is 0 Å². The first-order chi connectivity index (χ1) is 9.07. The summed E-state index contributed by atoms with van der Waals surface area (Å²) in [5, 5.41) is 8.75. The number of rotatable bonds is 3. The Morgan fingerprint density at radius 2 is 2.10 bits per heavy atom. The van der Waals surface area contributed by atoms with Crippen LogP contribution in [0.2, 0.25) is 0 Å². The van der Waals surface area contributed by atoms with Crippen molar-refractivity contribution in [3.05, 3.63) is 23.9 Å².